The summed E-state index contributed by atoms with van der Waals surface area (Å²) >= 11 is 0. The number of nitrogens with zero attached hydrogens (tertiary/aromatic N) is 3. The molecule has 2 aromatic heterocycles. The van der Waals surface area contributed by atoms with Crippen molar-refractivity contribution in [1.82, 2.24) is 15.0 Å². The molecule has 0 amide bonds. The molecule has 4 nitrogen and oxygen atoms in total. The third-order valence-corrected chi connectivity index (χ3v) is 3.01. The van der Waals surface area contributed by atoms with Gasteiger partial charge in [-0.05, 0) is 12.1 Å². The van der Waals surface area contributed by atoms with Crippen molar-refractivity contribution >= 4 is 16.7 Å². The molecule has 0 unspecified atom stereocenters. The largest absolute Gasteiger partial charge is 0.384 e. The molecule has 4 heteroatoms. The molecular formula is C15H14N4. The van der Waals surface area contributed by atoms with Gasteiger partial charge in [-0.2, -0.15) is 0 Å². The first-order valence-corrected chi connectivity index (χ1v) is 6.25. The highest BCUT2D eigenvalue weighted by Gasteiger charge is 2.05. The van der Waals surface area contributed by atoms with E-state index in [1.807, 2.05) is 37.3 Å². The summed E-state index contributed by atoms with van der Waals surface area (Å²) in [6.45, 7) is 2.01. The summed E-state index contributed by atoms with van der Waals surface area (Å²) in [5, 5.41) is 1.11. The molecule has 0 radical (unpaired) electrons. The topological polar surface area (TPSA) is 64.7 Å². The molecule has 0 aliphatic carbocycles. The van der Waals surface area contributed by atoms with Crippen molar-refractivity contribution in [2.75, 3.05) is 5.73 Å². The summed E-state index contributed by atoms with van der Waals surface area (Å²) in [6, 6.07) is 11.9. The quantitative estimate of drug-likeness (QED) is 0.759. The molecule has 3 aromatic rings. The summed E-state index contributed by atoms with van der Waals surface area (Å²) in [4.78, 5) is 13.1. The minimum atomic E-state index is 0.503. The van der Waals surface area contributed by atoms with Crippen molar-refractivity contribution in [3.05, 3.63) is 48.4 Å². The van der Waals surface area contributed by atoms with Crippen molar-refractivity contribution in [2.24, 2.45) is 0 Å². The first kappa shape index (κ1) is 11.6. The van der Waals surface area contributed by atoms with Gasteiger partial charge >= 0.3 is 0 Å². The number of aromatic nitrogens is 3. The summed E-state index contributed by atoms with van der Waals surface area (Å²) < 4.78 is 0. The standard InChI is InChI=1S/C15H14N4/c1-2-15-18-13(9-14(16)19-15)11-6-5-10-4-3-7-17-12(10)8-11/h3-9H,2H2,1H3,(H2,16,18,19). The molecule has 2 N–H and O–H groups in total. The van der Waals surface area contributed by atoms with Gasteiger partial charge in [0.1, 0.15) is 11.6 Å². The lowest BCUT2D eigenvalue weighted by molar-refractivity contribution is 0.949. The van der Waals surface area contributed by atoms with Crippen LogP contribution in [-0.4, -0.2) is 15.0 Å². The molecule has 3 rings (SSSR count). The third-order valence-electron chi connectivity index (χ3n) is 3.01. The Balaban J connectivity index is 2.15. The Morgan fingerprint density at radius 2 is 2.00 bits per heavy atom. The Hall–Kier alpha value is -2.49. The number of pyridine rings is 1. The second-order valence-corrected chi connectivity index (χ2v) is 4.36. The number of rotatable bonds is 2. The first-order chi connectivity index (χ1) is 9.26. The third kappa shape index (κ3) is 2.25. The van der Waals surface area contributed by atoms with Gasteiger partial charge in [-0.25, -0.2) is 9.97 Å². The maximum atomic E-state index is 5.82. The minimum absolute atomic E-state index is 0.503. The fraction of sp³-hybridized carbons (Fsp3) is 0.133. The van der Waals surface area contributed by atoms with Crippen LogP contribution in [0, 0.1) is 0 Å². The number of benzene rings is 1. The molecule has 0 spiro atoms. The smallest absolute Gasteiger partial charge is 0.131 e. The van der Waals surface area contributed by atoms with Crippen LogP contribution in [0.2, 0.25) is 0 Å². The predicted molar refractivity (Wildman–Crippen MR) is 76.6 cm³/mol. The molecule has 0 atom stereocenters. The first-order valence-electron chi connectivity index (χ1n) is 6.25. The van der Waals surface area contributed by atoms with E-state index in [0.29, 0.717) is 5.82 Å². The summed E-state index contributed by atoms with van der Waals surface area (Å²) in [5.41, 5.74) is 8.63. The molecule has 0 saturated carbocycles. The van der Waals surface area contributed by atoms with Gasteiger partial charge in [0.25, 0.3) is 0 Å². The molecular weight excluding hydrogens is 236 g/mol. The lowest BCUT2D eigenvalue weighted by Gasteiger charge is -2.05. The second-order valence-electron chi connectivity index (χ2n) is 4.36. The highest BCUT2D eigenvalue weighted by atomic mass is 14.9. The van der Waals surface area contributed by atoms with Gasteiger partial charge in [-0.15, -0.1) is 0 Å². The SMILES string of the molecule is CCc1nc(N)cc(-c2ccc3cccnc3c2)n1. The fourth-order valence-corrected chi connectivity index (χ4v) is 2.05. The average molecular weight is 250 g/mol. The van der Waals surface area contributed by atoms with E-state index in [1.165, 1.54) is 0 Å². The van der Waals surface area contributed by atoms with Crippen LogP contribution in [0.4, 0.5) is 5.82 Å². The number of nitrogen functional groups attached to an aromatic ring is 1. The highest BCUT2D eigenvalue weighted by molar-refractivity contribution is 5.83. The van der Waals surface area contributed by atoms with Crippen molar-refractivity contribution in [3.8, 4) is 11.3 Å². The lowest BCUT2D eigenvalue weighted by atomic mass is 10.1. The van der Waals surface area contributed by atoms with E-state index in [0.717, 1.165) is 34.4 Å². The molecule has 0 aliphatic rings. The van der Waals surface area contributed by atoms with E-state index in [2.05, 4.69) is 15.0 Å². The van der Waals surface area contributed by atoms with Crippen LogP contribution < -0.4 is 5.73 Å². The molecule has 19 heavy (non-hydrogen) atoms. The van der Waals surface area contributed by atoms with Crippen molar-refractivity contribution < 1.29 is 0 Å². The molecule has 0 fully saturated rings. The van der Waals surface area contributed by atoms with E-state index in [9.17, 15) is 0 Å². The van der Waals surface area contributed by atoms with Crippen molar-refractivity contribution in [3.63, 3.8) is 0 Å². The van der Waals surface area contributed by atoms with E-state index in [4.69, 9.17) is 5.73 Å². The predicted octanol–water partition coefficient (Wildman–Crippen LogP) is 2.84. The van der Waals surface area contributed by atoms with Gasteiger partial charge in [-0.3, -0.25) is 4.98 Å². The van der Waals surface area contributed by atoms with Gasteiger partial charge in [0.2, 0.25) is 0 Å². The maximum Gasteiger partial charge on any atom is 0.131 e. The second kappa shape index (κ2) is 4.65. The molecule has 94 valence electrons. The Morgan fingerprint density at radius 1 is 1.11 bits per heavy atom. The van der Waals surface area contributed by atoms with Crippen LogP contribution >= 0.6 is 0 Å². The van der Waals surface area contributed by atoms with Crippen LogP contribution in [0.25, 0.3) is 22.2 Å². The van der Waals surface area contributed by atoms with Gasteiger partial charge in [0.05, 0.1) is 11.2 Å². The number of hydrogen-bond acceptors (Lipinski definition) is 4. The zero-order chi connectivity index (χ0) is 13.2. The Labute approximate surface area is 111 Å². The number of anilines is 1. The van der Waals surface area contributed by atoms with Crippen LogP contribution in [-0.2, 0) is 6.42 Å². The number of hydrogen-bond donors (Lipinski definition) is 1. The van der Waals surface area contributed by atoms with Crippen LogP contribution in [0.3, 0.4) is 0 Å². The van der Waals surface area contributed by atoms with Gasteiger partial charge in [-0.1, -0.05) is 25.1 Å². The number of aryl methyl sites for hydroxylation is 1. The van der Waals surface area contributed by atoms with Crippen LogP contribution in [0.5, 0.6) is 0 Å². The molecule has 1 aromatic carbocycles. The summed E-state index contributed by atoms with van der Waals surface area (Å²) in [6.07, 6.45) is 2.56. The van der Waals surface area contributed by atoms with Crippen LogP contribution in [0.15, 0.2) is 42.6 Å². The van der Waals surface area contributed by atoms with Crippen molar-refractivity contribution in [2.45, 2.75) is 13.3 Å². The Kier molecular flexibility index (Phi) is 2.83. The van der Waals surface area contributed by atoms with E-state index in [1.54, 1.807) is 12.3 Å². The maximum absolute atomic E-state index is 5.82. The molecule has 0 saturated heterocycles. The van der Waals surface area contributed by atoms with Gasteiger partial charge in [0, 0.05) is 29.6 Å². The van der Waals surface area contributed by atoms with Gasteiger partial charge in [0.15, 0.2) is 0 Å². The lowest BCUT2D eigenvalue weighted by Crippen LogP contribution is -2.00. The van der Waals surface area contributed by atoms with E-state index < -0.39 is 0 Å². The molecule has 2 heterocycles. The van der Waals surface area contributed by atoms with Crippen LogP contribution in [0.1, 0.15) is 12.7 Å². The fourth-order valence-electron chi connectivity index (χ4n) is 2.05. The zero-order valence-corrected chi connectivity index (χ0v) is 10.7. The summed E-state index contributed by atoms with van der Waals surface area (Å²) in [7, 11) is 0. The van der Waals surface area contributed by atoms with E-state index in [-0.39, 0.29) is 0 Å². The Bertz CT molecular complexity index is 737. The molecule has 0 aliphatic heterocycles. The summed E-state index contributed by atoms with van der Waals surface area (Å²) in [5.74, 6) is 1.26. The number of fused-ring (bicyclic) bond motifs is 1. The molecule has 0 bridgehead atoms. The normalized spacial score (nSPS) is 10.8. The van der Waals surface area contributed by atoms with Crippen molar-refractivity contribution in [1.29, 1.82) is 0 Å². The number of nitrogens with two attached hydrogens (primary N) is 1. The van der Waals surface area contributed by atoms with E-state index >= 15 is 0 Å². The zero-order valence-electron chi connectivity index (χ0n) is 10.7. The monoisotopic (exact) mass is 250 g/mol. The highest BCUT2D eigenvalue weighted by Crippen LogP contribution is 2.23. The van der Waals surface area contributed by atoms with Gasteiger partial charge < -0.3 is 5.73 Å². The Morgan fingerprint density at radius 3 is 2.84 bits per heavy atom. The average Bonchev–Trinajstić information content (AvgIpc) is 2.46. The minimum Gasteiger partial charge on any atom is -0.384 e.